The summed E-state index contributed by atoms with van der Waals surface area (Å²) in [6.07, 6.45) is 0. The van der Waals surface area contributed by atoms with E-state index in [9.17, 15) is 14.9 Å². The van der Waals surface area contributed by atoms with E-state index in [1.165, 1.54) is 23.8 Å². The predicted octanol–water partition coefficient (Wildman–Crippen LogP) is 5.44. The molecule has 0 aromatic heterocycles. The van der Waals surface area contributed by atoms with Gasteiger partial charge in [0.2, 0.25) is 0 Å². The molecule has 0 aliphatic rings. The average Bonchev–Trinajstić information content (AvgIpc) is 2.75. The molecule has 0 radical (unpaired) electrons. The molecule has 3 rings (SSSR count). The molecule has 0 fully saturated rings. The van der Waals surface area contributed by atoms with E-state index in [0.717, 1.165) is 16.9 Å². The van der Waals surface area contributed by atoms with Crippen LogP contribution >= 0.6 is 0 Å². The van der Waals surface area contributed by atoms with Crippen molar-refractivity contribution in [2.24, 2.45) is 0 Å². The van der Waals surface area contributed by atoms with Gasteiger partial charge in [0.05, 0.1) is 11.5 Å². The largest absolute Gasteiger partial charge is 0.493 e. The van der Waals surface area contributed by atoms with Crippen LogP contribution in [-0.2, 0) is 6.61 Å². The number of nitro groups is 1. The number of hydrogen-bond acceptors (Lipinski definition) is 5. The first-order valence-electron chi connectivity index (χ1n) is 9.89. The van der Waals surface area contributed by atoms with E-state index in [1.807, 2.05) is 39.0 Å². The molecule has 1 N–H and O–H groups in total. The van der Waals surface area contributed by atoms with Crippen molar-refractivity contribution in [3.8, 4) is 11.5 Å². The summed E-state index contributed by atoms with van der Waals surface area (Å²) in [7, 11) is 0. The van der Waals surface area contributed by atoms with Gasteiger partial charge in [0, 0.05) is 28.9 Å². The molecule has 0 aliphatic heterocycles. The molecule has 0 saturated heterocycles. The van der Waals surface area contributed by atoms with Gasteiger partial charge in [-0.05, 0) is 68.3 Å². The van der Waals surface area contributed by atoms with Gasteiger partial charge in [0.15, 0.2) is 0 Å². The Morgan fingerprint density at radius 1 is 1.00 bits per heavy atom. The molecule has 0 saturated carbocycles. The number of anilines is 1. The number of nitrogens with zero attached hydrogens (tertiary/aromatic N) is 1. The van der Waals surface area contributed by atoms with E-state index in [0.29, 0.717) is 23.6 Å². The molecule has 0 heterocycles. The fourth-order valence-corrected chi connectivity index (χ4v) is 3.00. The molecule has 3 aromatic carbocycles. The third-order valence-electron chi connectivity index (χ3n) is 4.81. The number of benzene rings is 3. The Hall–Kier alpha value is -3.87. The summed E-state index contributed by atoms with van der Waals surface area (Å²) >= 11 is 0. The van der Waals surface area contributed by atoms with Crippen molar-refractivity contribution in [3.63, 3.8) is 0 Å². The smallest absolute Gasteiger partial charge is 0.271 e. The number of nitrogens with one attached hydrogen (secondary N) is 1. The number of hydrogen-bond donors (Lipinski definition) is 1. The predicted molar refractivity (Wildman–Crippen MR) is 119 cm³/mol. The highest BCUT2D eigenvalue weighted by Crippen LogP contribution is 2.25. The molecule has 7 nitrogen and oxygen atoms in total. The van der Waals surface area contributed by atoms with Crippen LogP contribution < -0.4 is 14.8 Å². The Balaban J connectivity index is 1.79. The van der Waals surface area contributed by atoms with Gasteiger partial charge in [0.1, 0.15) is 18.1 Å². The van der Waals surface area contributed by atoms with Gasteiger partial charge in [-0.2, -0.15) is 0 Å². The fourth-order valence-electron chi connectivity index (χ4n) is 3.00. The minimum atomic E-state index is -0.505. The van der Waals surface area contributed by atoms with Gasteiger partial charge in [-0.1, -0.05) is 12.1 Å². The summed E-state index contributed by atoms with van der Waals surface area (Å²) in [6, 6.07) is 16.8. The summed E-state index contributed by atoms with van der Waals surface area (Å²) in [6.45, 7) is 6.66. The molecule has 0 bridgehead atoms. The standard InChI is InChI=1S/C24H24N2O5/c1-4-30-23-11-9-18(24(27)25-20-6-5-7-21(14-20)26(28)29)13-19(23)15-31-22-10-8-16(2)17(3)12-22/h5-14H,4,15H2,1-3H3,(H,25,27). The Morgan fingerprint density at radius 3 is 2.52 bits per heavy atom. The van der Waals surface area contributed by atoms with Crippen LogP contribution in [0.25, 0.3) is 0 Å². The number of carbonyl (C=O) groups excluding carboxylic acids is 1. The molecule has 0 spiro atoms. The minimum Gasteiger partial charge on any atom is -0.493 e. The van der Waals surface area contributed by atoms with Crippen molar-refractivity contribution in [1.29, 1.82) is 0 Å². The van der Waals surface area contributed by atoms with Gasteiger partial charge in [0.25, 0.3) is 11.6 Å². The van der Waals surface area contributed by atoms with Crippen LogP contribution in [0.5, 0.6) is 11.5 Å². The van der Waals surface area contributed by atoms with Crippen LogP contribution in [0.4, 0.5) is 11.4 Å². The second-order valence-corrected chi connectivity index (χ2v) is 7.05. The van der Waals surface area contributed by atoms with Crippen molar-refractivity contribution in [2.45, 2.75) is 27.4 Å². The highest BCUT2D eigenvalue weighted by molar-refractivity contribution is 6.04. The van der Waals surface area contributed by atoms with Crippen molar-refractivity contribution < 1.29 is 19.2 Å². The first-order valence-corrected chi connectivity index (χ1v) is 9.89. The Morgan fingerprint density at radius 2 is 1.81 bits per heavy atom. The molecular weight excluding hydrogens is 396 g/mol. The fraction of sp³-hybridized carbons (Fsp3) is 0.208. The highest BCUT2D eigenvalue weighted by atomic mass is 16.6. The molecular formula is C24H24N2O5. The zero-order chi connectivity index (χ0) is 22.4. The molecule has 3 aromatic rings. The number of ether oxygens (including phenoxy) is 2. The Bertz CT molecular complexity index is 1110. The zero-order valence-electron chi connectivity index (χ0n) is 17.7. The number of amides is 1. The summed E-state index contributed by atoms with van der Waals surface area (Å²) in [4.78, 5) is 23.2. The molecule has 0 unspecified atom stereocenters. The zero-order valence-corrected chi connectivity index (χ0v) is 17.7. The van der Waals surface area contributed by atoms with Crippen LogP contribution in [0.2, 0.25) is 0 Å². The van der Waals surface area contributed by atoms with E-state index < -0.39 is 4.92 Å². The first-order chi connectivity index (χ1) is 14.9. The van der Waals surface area contributed by atoms with E-state index >= 15 is 0 Å². The highest BCUT2D eigenvalue weighted by Gasteiger charge is 2.13. The maximum absolute atomic E-state index is 12.7. The Labute approximate surface area is 180 Å². The van der Waals surface area contributed by atoms with E-state index in [-0.39, 0.29) is 18.2 Å². The number of aryl methyl sites for hydroxylation is 2. The van der Waals surface area contributed by atoms with Crippen molar-refractivity contribution >= 4 is 17.3 Å². The molecule has 31 heavy (non-hydrogen) atoms. The van der Waals surface area contributed by atoms with Crippen LogP contribution in [-0.4, -0.2) is 17.4 Å². The maximum atomic E-state index is 12.7. The third-order valence-corrected chi connectivity index (χ3v) is 4.81. The quantitative estimate of drug-likeness (QED) is 0.387. The van der Waals surface area contributed by atoms with E-state index in [4.69, 9.17) is 9.47 Å². The molecule has 0 atom stereocenters. The van der Waals surface area contributed by atoms with Crippen LogP contribution in [0.1, 0.15) is 34.0 Å². The maximum Gasteiger partial charge on any atom is 0.271 e. The third kappa shape index (κ3) is 5.60. The normalized spacial score (nSPS) is 10.4. The van der Waals surface area contributed by atoms with Gasteiger partial charge in [-0.15, -0.1) is 0 Å². The average molecular weight is 420 g/mol. The summed E-state index contributed by atoms with van der Waals surface area (Å²) in [5.41, 5.74) is 3.70. The van der Waals surface area contributed by atoms with Crippen LogP contribution in [0, 0.1) is 24.0 Å². The van der Waals surface area contributed by atoms with Gasteiger partial charge in [-0.3, -0.25) is 14.9 Å². The van der Waals surface area contributed by atoms with Gasteiger partial charge in [-0.25, -0.2) is 0 Å². The lowest BCUT2D eigenvalue weighted by molar-refractivity contribution is -0.384. The van der Waals surface area contributed by atoms with Gasteiger partial charge >= 0.3 is 0 Å². The van der Waals surface area contributed by atoms with Gasteiger partial charge < -0.3 is 14.8 Å². The van der Waals surface area contributed by atoms with Crippen LogP contribution in [0.3, 0.4) is 0 Å². The number of nitro benzene ring substituents is 1. The number of carbonyl (C=O) groups is 1. The lowest BCUT2D eigenvalue weighted by Gasteiger charge is -2.14. The molecule has 1 amide bonds. The van der Waals surface area contributed by atoms with Crippen molar-refractivity contribution in [1.82, 2.24) is 0 Å². The minimum absolute atomic E-state index is 0.0908. The van der Waals surface area contributed by atoms with Crippen molar-refractivity contribution in [3.05, 3.63) is 93.0 Å². The molecule has 0 aliphatic carbocycles. The van der Waals surface area contributed by atoms with Crippen molar-refractivity contribution in [2.75, 3.05) is 11.9 Å². The van der Waals surface area contributed by atoms with Crippen LogP contribution in [0.15, 0.2) is 60.7 Å². The molecule has 7 heteroatoms. The lowest BCUT2D eigenvalue weighted by Crippen LogP contribution is -2.13. The topological polar surface area (TPSA) is 90.7 Å². The summed E-state index contributed by atoms with van der Waals surface area (Å²) in [5.74, 6) is 0.992. The molecule has 160 valence electrons. The van der Waals surface area contributed by atoms with E-state index in [1.54, 1.807) is 24.3 Å². The Kier molecular flexibility index (Phi) is 6.87. The lowest BCUT2D eigenvalue weighted by atomic mass is 10.1. The van der Waals surface area contributed by atoms with E-state index in [2.05, 4.69) is 5.32 Å². The summed E-state index contributed by atoms with van der Waals surface area (Å²) in [5, 5.41) is 13.6. The summed E-state index contributed by atoms with van der Waals surface area (Å²) < 4.78 is 11.6. The SMILES string of the molecule is CCOc1ccc(C(=O)Nc2cccc([N+](=O)[O-])c2)cc1COc1ccc(C)c(C)c1. The first kappa shape index (κ1) is 21.8. The second-order valence-electron chi connectivity index (χ2n) is 7.05. The number of rotatable bonds is 8. The second kappa shape index (κ2) is 9.75. The number of non-ortho nitro benzene ring substituents is 1. The monoisotopic (exact) mass is 420 g/mol.